The second-order valence-electron chi connectivity index (χ2n) is 3.08. The molecule has 0 N–H and O–H groups in total. The van der Waals surface area contributed by atoms with Crippen molar-refractivity contribution in [1.82, 2.24) is 0 Å². The molecule has 2 rings (SSSR count). The van der Waals surface area contributed by atoms with E-state index in [1.165, 1.54) is 6.92 Å². The molecule has 0 bridgehead atoms. The first kappa shape index (κ1) is 10.2. The zero-order valence-electron chi connectivity index (χ0n) is 7.82. The number of rotatable bonds is 1. The van der Waals surface area contributed by atoms with Crippen LogP contribution in [0.5, 0.6) is 0 Å². The third kappa shape index (κ3) is 1.87. The van der Waals surface area contributed by atoms with Gasteiger partial charge in [0.25, 0.3) is 6.29 Å². The van der Waals surface area contributed by atoms with E-state index < -0.39 is 18.2 Å². The van der Waals surface area contributed by atoms with Crippen LogP contribution in [0, 0.1) is 0 Å². The zero-order chi connectivity index (χ0) is 11.0. The van der Waals surface area contributed by atoms with Crippen molar-refractivity contribution in [2.24, 2.45) is 0 Å². The smallest absolute Gasteiger partial charge is 0.342 e. The van der Waals surface area contributed by atoms with Crippen LogP contribution in [-0.2, 0) is 14.3 Å². The van der Waals surface area contributed by atoms with Gasteiger partial charge in [-0.2, -0.15) is 0 Å². The van der Waals surface area contributed by atoms with Crippen molar-refractivity contribution in [1.29, 1.82) is 0 Å². The SMILES string of the molecule is CC(=O)OC1OC(=O)c2ccc(Br)cc21. The number of hydrogen-bond donors (Lipinski definition) is 0. The second kappa shape index (κ2) is 3.66. The lowest BCUT2D eigenvalue weighted by atomic mass is 10.1. The van der Waals surface area contributed by atoms with Crippen molar-refractivity contribution in [3.05, 3.63) is 33.8 Å². The van der Waals surface area contributed by atoms with E-state index >= 15 is 0 Å². The number of fused-ring (bicyclic) bond motifs is 1. The van der Waals surface area contributed by atoms with Crippen molar-refractivity contribution >= 4 is 27.9 Å². The lowest BCUT2D eigenvalue weighted by molar-refractivity contribution is -0.164. The van der Waals surface area contributed by atoms with Gasteiger partial charge in [0, 0.05) is 17.0 Å². The Hall–Kier alpha value is -1.36. The Morgan fingerprint density at radius 1 is 1.53 bits per heavy atom. The largest absolute Gasteiger partial charge is 0.421 e. The number of carbonyl (C=O) groups excluding carboxylic acids is 2. The number of carbonyl (C=O) groups is 2. The topological polar surface area (TPSA) is 52.6 Å². The molecule has 0 amide bonds. The molecule has 0 spiro atoms. The molecule has 5 heteroatoms. The molecule has 0 fully saturated rings. The molecule has 0 radical (unpaired) electrons. The van der Waals surface area contributed by atoms with Crippen LogP contribution in [0.15, 0.2) is 22.7 Å². The molecular formula is C10H7BrO4. The highest BCUT2D eigenvalue weighted by Gasteiger charge is 2.33. The quantitative estimate of drug-likeness (QED) is 0.734. The molecule has 0 aromatic heterocycles. The summed E-state index contributed by atoms with van der Waals surface area (Å²) >= 11 is 3.27. The first-order valence-corrected chi connectivity index (χ1v) is 5.05. The summed E-state index contributed by atoms with van der Waals surface area (Å²) in [6.07, 6.45) is -0.914. The molecule has 1 aliphatic heterocycles. The average molecular weight is 271 g/mol. The van der Waals surface area contributed by atoms with Gasteiger partial charge in [-0.25, -0.2) is 4.79 Å². The molecule has 0 aliphatic carbocycles. The van der Waals surface area contributed by atoms with Crippen LogP contribution in [0.3, 0.4) is 0 Å². The Labute approximate surface area is 94.3 Å². The minimum Gasteiger partial charge on any atom is -0.421 e. The number of esters is 2. The molecule has 0 saturated carbocycles. The maximum absolute atomic E-state index is 11.3. The zero-order valence-corrected chi connectivity index (χ0v) is 9.41. The van der Waals surface area contributed by atoms with Gasteiger partial charge in [0.2, 0.25) is 0 Å². The average Bonchev–Trinajstić information content (AvgIpc) is 2.42. The molecular weight excluding hydrogens is 264 g/mol. The first-order valence-electron chi connectivity index (χ1n) is 4.25. The number of ether oxygens (including phenoxy) is 2. The maximum Gasteiger partial charge on any atom is 0.342 e. The van der Waals surface area contributed by atoms with Gasteiger partial charge >= 0.3 is 11.9 Å². The van der Waals surface area contributed by atoms with E-state index in [0.29, 0.717) is 11.1 Å². The van der Waals surface area contributed by atoms with Gasteiger partial charge in [-0.3, -0.25) is 4.79 Å². The van der Waals surface area contributed by atoms with Crippen molar-refractivity contribution in [3.63, 3.8) is 0 Å². The number of benzene rings is 1. The van der Waals surface area contributed by atoms with E-state index in [2.05, 4.69) is 15.9 Å². The monoisotopic (exact) mass is 270 g/mol. The molecule has 15 heavy (non-hydrogen) atoms. The third-order valence-electron chi connectivity index (χ3n) is 1.97. The van der Waals surface area contributed by atoms with Crippen molar-refractivity contribution < 1.29 is 19.1 Å². The van der Waals surface area contributed by atoms with Gasteiger partial charge in [-0.05, 0) is 18.2 Å². The van der Waals surface area contributed by atoms with Crippen LogP contribution in [-0.4, -0.2) is 11.9 Å². The number of hydrogen-bond acceptors (Lipinski definition) is 4. The first-order chi connectivity index (χ1) is 7.08. The molecule has 4 nitrogen and oxygen atoms in total. The molecule has 1 aromatic carbocycles. The van der Waals surface area contributed by atoms with Crippen molar-refractivity contribution in [3.8, 4) is 0 Å². The fourth-order valence-electron chi connectivity index (χ4n) is 1.38. The van der Waals surface area contributed by atoms with Crippen LogP contribution in [0.1, 0.15) is 29.1 Å². The molecule has 1 aromatic rings. The van der Waals surface area contributed by atoms with Crippen molar-refractivity contribution in [2.75, 3.05) is 0 Å². The van der Waals surface area contributed by atoms with Gasteiger partial charge in [-0.1, -0.05) is 15.9 Å². The van der Waals surface area contributed by atoms with Crippen LogP contribution >= 0.6 is 15.9 Å². The minimum absolute atomic E-state index is 0.435. The highest BCUT2D eigenvalue weighted by atomic mass is 79.9. The summed E-state index contributed by atoms with van der Waals surface area (Å²) in [6.45, 7) is 1.27. The van der Waals surface area contributed by atoms with E-state index in [-0.39, 0.29) is 0 Å². The van der Waals surface area contributed by atoms with Gasteiger partial charge in [0.05, 0.1) is 5.56 Å². The normalized spacial score (nSPS) is 18.3. The summed E-state index contributed by atoms with van der Waals surface area (Å²) < 4.78 is 10.6. The molecule has 1 aliphatic rings. The summed E-state index contributed by atoms with van der Waals surface area (Å²) in [7, 11) is 0. The minimum atomic E-state index is -0.914. The Bertz CT molecular complexity index is 439. The van der Waals surface area contributed by atoms with E-state index in [1.54, 1.807) is 18.2 Å². The van der Waals surface area contributed by atoms with Crippen LogP contribution in [0.25, 0.3) is 0 Å². The summed E-state index contributed by atoms with van der Waals surface area (Å²) in [4.78, 5) is 22.1. The lowest BCUT2D eigenvalue weighted by Gasteiger charge is -2.09. The fourth-order valence-corrected chi connectivity index (χ4v) is 1.76. The van der Waals surface area contributed by atoms with Crippen molar-refractivity contribution in [2.45, 2.75) is 13.2 Å². The standard InChI is InChI=1S/C10H7BrO4/c1-5(12)14-10-8-4-6(11)2-3-7(8)9(13)15-10/h2-4,10H,1H3. The van der Waals surface area contributed by atoms with Crippen LogP contribution in [0.2, 0.25) is 0 Å². The summed E-state index contributed by atoms with van der Waals surface area (Å²) in [5.41, 5.74) is 1.01. The van der Waals surface area contributed by atoms with Gasteiger partial charge in [0.15, 0.2) is 0 Å². The van der Waals surface area contributed by atoms with E-state index in [1.807, 2.05) is 0 Å². The van der Waals surface area contributed by atoms with Gasteiger partial charge < -0.3 is 9.47 Å². The van der Waals surface area contributed by atoms with Gasteiger partial charge in [0.1, 0.15) is 0 Å². The predicted octanol–water partition coefficient (Wildman–Crippen LogP) is 2.18. The maximum atomic E-state index is 11.3. The van der Waals surface area contributed by atoms with E-state index in [0.717, 1.165) is 4.47 Å². The number of halogens is 1. The van der Waals surface area contributed by atoms with E-state index in [9.17, 15) is 9.59 Å². The van der Waals surface area contributed by atoms with E-state index in [4.69, 9.17) is 9.47 Å². The predicted molar refractivity (Wildman–Crippen MR) is 54.1 cm³/mol. The molecule has 1 atom stereocenters. The Morgan fingerprint density at radius 3 is 2.93 bits per heavy atom. The van der Waals surface area contributed by atoms with Crippen LogP contribution < -0.4 is 0 Å². The van der Waals surface area contributed by atoms with Gasteiger partial charge in [-0.15, -0.1) is 0 Å². The van der Waals surface area contributed by atoms with Crippen LogP contribution in [0.4, 0.5) is 0 Å². The Morgan fingerprint density at radius 2 is 2.27 bits per heavy atom. The highest BCUT2D eigenvalue weighted by molar-refractivity contribution is 9.10. The third-order valence-corrected chi connectivity index (χ3v) is 2.47. The summed E-state index contributed by atoms with van der Waals surface area (Å²) in [5.74, 6) is -0.954. The Kier molecular flexibility index (Phi) is 2.48. The summed E-state index contributed by atoms with van der Waals surface area (Å²) in [5, 5.41) is 0. The summed E-state index contributed by atoms with van der Waals surface area (Å²) in [6, 6.07) is 5.06. The lowest BCUT2D eigenvalue weighted by Crippen LogP contribution is -2.07. The Balaban J connectivity index is 2.39. The number of cyclic esters (lactones) is 1. The molecule has 1 heterocycles. The highest BCUT2D eigenvalue weighted by Crippen LogP contribution is 2.33. The fraction of sp³-hybridized carbons (Fsp3) is 0.200. The molecule has 78 valence electrons. The second-order valence-corrected chi connectivity index (χ2v) is 3.99. The molecule has 1 unspecified atom stereocenters. The molecule has 0 saturated heterocycles.